The molecule has 1 aliphatic heterocycles. The van der Waals surface area contributed by atoms with Gasteiger partial charge in [-0.25, -0.2) is 4.98 Å². The molecule has 0 spiro atoms. The number of hydrogen-bond donors (Lipinski definition) is 2. The van der Waals surface area contributed by atoms with E-state index in [1.807, 2.05) is 18.2 Å². The van der Waals surface area contributed by atoms with Gasteiger partial charge in [-0.05, 0) is 48.0 Å². The predicted octanol–water partition coefficient (Wildman–Crippen LogP) is 4.25. The Hall–Kier alpha value is -4.17. The fourth-order valence-electron chi connectivity index (χ4n) is 3.93. The van der Waals surface area contributed by atoms with Crippen LogP contribution in [0.25, 0.3) is 16.8 Å². The van der Waals surface area contributed by atoms with Crippen LogP contribution < -0.4 is 9.64 Å². The van der Waals surface area contributed by atoms with Crippen LogP contribution in [-0.2, 0) is 9.59 Å². The molecule has 33 heavy (non-hydrogen) atoms. The largest absolute Gasteiger partial charge is 0.507 e. The first-order chi connectivity index (χ1) is 16.0. The molecule has 2 aromatic heterocycles. The minimum atomic E-state index is -0.922. The Bertz CT molecular complexity index is 1400. The Balaban J connectivity index is 1.72. The first-order valence-corrected chi connectivity index (χ1v) is 10.4. The lowest BCUT2D eigenvalue weighted by molar-refractivity contribution is -0.132. The Morgan fingerprint density at radius 2 is 1.88 bits per heavy atom. The van der Waals surface area contributed by atoms with Gasteiger partial charge in [0.2, 0.25) is 5.95 Å². The monoisotopic (exact) mass is 460 g/mol. The van der Waals surface area contributed by atoms with E-state index in [0.717, 1.165) is 0 Å². The van der Waals surface area contributed by atoms with E-state index >= 15 is 0 Å². The molecular weight excluding hydrogens is 444 g/mol. The van der Waals surface area contributed by atoms with Crippen molar-refractivity contribution in [3.05, 3.63) is 88.7 Å². The highest BCUT2D eigenvalue weighted by molar-refractivity contribution is 6.51. The molecule has 0 radical (unpaired) electrons. The average molecular weight is 461 g/mol. The number of H-pyrrole nitrogens is 1. The van der Waals surface area contributed by atoms with Crippen molar-refractivity contribution >= 4 is 46.0 Å². The first kappa shape index (κ1) is 20.7. The molecule has 164 valence electrons. The summed E-state index contributed by atoms with van der Waals surface area (Å²) in [7, 11) is 1.48. The normalized spacial score (nSPS) is 17.6. The van der Waals surface area contributed by atoms with Crippen LogP contribution in [-0.4, -0.2) is 38.9 Å². The summed E-state index contributed by atoms with van der Waals surface area (Å²) in [5.74, 6) is -1.37. The summed E-state index contributed by atoms with van der Waals surface area (Å²) in [5, 5.41) is 11.4. The number of fused-ring (bicyclic) bond motifs is 1. The third-order valence-electron chi connectivity index (χ3n) is 5.50. The van der Waals surface area contributed by atoms with Gasteiger partial charge in [0.1, 0.15) is 11.5 Å². The maximum absolute atomic E-state index is 13.2. The number of benzene rings is 2. The number of para-hydroxylation sites is 2. The summed E-state index contributed by atoms with van der Waals surface area (Å²) in [6.07, 6.45) is 3.11. The van der Waals surface area contributed by atoms with Crippen molar-refractivity contribution < 1.29 is 19.4 Å². The lowest BCUT2D eigenvalue weighted by Crippen LogP contribution is -2.30. The molecule has 0 bridgehead atoms. The van der Waals surface area contributed by atoms with Crippen LogP contribution >= 0.6 is 11.6 Å². The van der Waals surface area contributed by atoms with Crippen molar-refractivity contribution in [2.45, 2.75) is 6.04 Å². The molecular formula is C24H17ClN4O4. The van der Waals surface area contributed by atoms with E-state index in [2.05, 4.69) is 15.0 Å². The Kier molecular flexibility index (Phi) is 5.07. The number of imidazole rings is 1. The number of nitrogens with one attached hydrogen (secondary N) is 1. The van der Waals surface area contributed by atoms with E-state index in [-0.39, 0.29) is 27.9 Å². The molecule has 1 aliphatic rings. The first-order valence-electron chi connectivity index (χ1n) is 9.99. The molecule has 1 saturated heterocycles. The Labute approximate surface area is 193 Å². The fourth-order valence-corrected chi connectivity index (χ4v) is 4.19. The second-order valence-electron chi connectivity index (χ2n) is 7.38. The van der Waals surface area contributed by atoms with Crippen LogP contribution in [0, 0.1) is 0 Å². The number of rotatable bonds is 4. The predicted molar refractivity (Wildman–Crippen MR) is 123 cm³/mol. The zero-order chi connectivity index (χ0) is 23.1. The summed E-state index contributed by atoms with van der Waals surface area (Å²) in [4.78, 5) is 39.3. The van der Waals surface area contributed by atoms with Gasteiger partial charge >= 0.3 is 5.91 Å². The fraction of sp³-hybridized carbons (Fsp3) is 0.0833. The van der Waals surface area contributed by atoms with Crippen LogP contribution in [0.15, 0.2) is 72.6 Å². The summed E-state index contributed by atoms with van der Waals surface area (Å²) >= 11 is 6.22. The van der Waals surface area contributed by atoms with Gasteiger partial charge in [0.05, 0.1) is 34.8 Å². The van der Waals surface area contributed by atoms with Crippen molar-refractivity contribution in [1.29, 1.82) is 0 Å². The number of aromatic amines is 1. The zero-order valence-electron chi connectivity index (χ0n) is 17.3. The molecule has 5 rings (SSSR count). The standard InChI is InChI=1S/C24H17ClN4O4/c1-33-18-7-6-14(12-15(18)25)21(30)19-20(13-8-10-26-11-9-13)29(23(32)22(19)31)24-27-16-4-2-3-5-17(16)28-24/h2-12,20,30H,1H3,(H,27,28)/b21-19+. The lowest BCUT2D eigenvalue weighted by Gasteiger charge is -2.22. The van der Waals surface area contributed by atoms with E-state index in [4.69, 9.17) is 16.3 Å². The number of aliphatic hydroxyl groups excluding tert-OH is 1. The summed E-state index contributed by atoms with van der Waals surface area (Å²) in [6, 6.07) is 14.4. The average Bonchev–Trinajstić information content (AvgIpc) is 3.37. The van der Waals surface area contributed by atoms with Crippen molar-refractivity contribution in [2.24, 2.45) is 0 Å². The molecule has 2 aromatic carbocycles. The number of amides is 1. The number of methoxy groups -OCH3 is 1. The van der Waals surface area contributed by atoms with Crippen LogP contribution in [0.3, 0.4) is 0 Å². The van der Waals surface area contributed by atoms with Crippen LogP contribution in [0.4, 0.5) is 5.95 Å². The zero-order valence-corrected chi connectivity index (χ0v) is 18.1. The second kappa shape index (κ2) is 8.07. The maximum Gasteiger partial charge on any atom is 0.302 e. The number of ether oxygens (including phenoxy) is 1. The number of anilines is 1. The highest BCUT2D eigenvalue weighted by atomic mass is 35.5. The molecule has 1 amide bonds. The van der Waals surface area contributed by atoms with Gasteiger partial charge in [-0.2, -0.15) is 0 Å². The van der Waals surface area contributed by atoms with Crippen molar-refractivity contribution in [3.63, 3.8) is 0 Å². The van der Waals surface area contributed by atoms with Crippen molar-refractivity contribution in [3.8, 4) is 5.75 Å². The smallest absolute Gasteiger partial charge is 0.302 e. The summed E-state index contributed by atoms with van der Waals surface area (Å²) in [5.41, 5.74) is 2.15. The van der Waals surface area contributed by atoms with E-state index in [0.29, 0.717) is 22.3 Å². The molecule has 0 aliphatic carbocycles. The topological polar surface area (TPSA) is 108 Å². The number of aliphatic hydroxyl groups is 1. The van der Waals surface area contributed by atoms with Crippen LogP contribution in [0.1, 0.15) is 17.2 Å². The van der Waals surface area contributed by atoms with E-state index < -0.39 is 17.7 Å². The maximum atomic E-state index is 13.2. The third-order valence-corrected chi connectivity index (χ3v) is 5.79. The van der Waals surface area contributed by atoms with Gasteiger partial charge in [0, 0.05) is 18.0 Å². The molecule has 1 atom stereocenters. The van der Waals surface area contributed by atoms with E-state index in [1.54, 1.807) is 42.7 Å². The van der Waals surface area contributed by atoms with Crippen molar-refractivity contribution in [2.75, 3.05) is 12.0 Å². The van der Waals surface area contributed by atoms with Gasteiger partial charge < -0.3 is 14.8 Å². The van der Waals surface area contributed by atoms with Gasteiger partial charge in [-0.3, -0.25) is 19.5 Å². The van der Waals surface area contributed by atoms with Crippen LogP contribution in [0.5, 0.6) is 5.75 Å². The molecule has 8 nitrogen and oxygen atoms in total. The summed E-state index contributed by atoms with van der Waals surface area (Å²) < 4.78 is 5.16. The highest BCUT2D eigenvalue weighted by Gasteiger charge is 2.48. The minimum absolute atomic E-state index is 0.0760. The van der Waals surface area contributed by atoms with Gasteiger partial charge in [0.15, 0.2) is 0 Å². The van der Waals surface area contributed by atoms with Crippen LogP contribution in [0.2, 0.25) is 5.02 Å². The quantitative estimate of drug-likeness (QED) is 0.268. The number of hydrogen-bond acceptors (Lipinski definition) is 6. The highest BCUT2D eigenvalue weighted by Crippen LogP contribution is 2.42. The molecule has 1 fully saturated rings. The number of pyridine rings is 1. The minimum Gasteiger partial charge on any atom is -0.507 e. The Morgan fingerprint density at radius 1 is 1.12 bits per heavy atom. The van der Waals surface area contributed by atoms with Gasteiger partial charge in [-0.15, -0.1) is 0 Å². The number of ketones is 1. The molecule has 9 heteroatoms. The second-order valence-corrected chi connectivity index (χ2v) is 7.78. The van der Waals surface area contributed by atoms with Crippen molar-refractivity contribution in [1.82, 2.24) is 15.0 Å². The molecule has 3 heterocycles. The number of Topliss-reactive ketones (excluding diaryl/α,β-unsaturated/α-hetero) is 1. The number of carbonyl (C=O) groups excluding carboxylic acids is 2. The summed E-state index contributed by atoms with van der Waals surface area (Å²) in [6.45, 7) is 0. The number of aromatic nitrogens is 3. The molecule has 2 N–H and O–H groups in total. The number of halogens is 1. The molecule has 0 saturated carbocycles. The number of nitrogens with zero attached hydrogens (tertiary/aromatic N) is 3. The molecule has 4 aromatic rings. The third kappa shape index (κ3) is 3.41. The number of carbonyl (C=O) groups is 2. The molecule has 1 unspecified atom stereocenters. The lowest BCUT2D eigenvalue weighted by atomic mass is 9.96. The van der Waals surface area contributed by atoms with E-state index in [1.165, 1.54) is 18.1 Å². The van der Waals surface area contributed by atoms with Gasteiger partial charge in [-0.1, -0.05) is 23.7 Å². The van der Waals surface area contributed by atoms with Gasteiger partial charge in [0.25, 0.3) is 5.78 Å². The SMILES string of the molecule is COc1ccc(/C(O)=C2\C(=O)C(=O)N(c3nc4ccccc4[nH]3)C2c2ccncc2)cc1Cl. The Morgan fingerprint density at radius 3 is 2.58 bits per heavy atom. The van der Waals surface area contributed by atoms with E-state index in [9.17, 15) is 14.7 Å².